The Labute approximate surface area is 368 Å². The lowest BCUT2D eigenvalue weighted by Crippen LogP contribution is -2.50. The van der Waals surface area contributed by atoms with Crippen molar-refractivity contribution in [2.24, 2.45) is 0 Å². The largest absolute Gasteiger partial charge is 0.477 e. The van der Waals surface area contributed by atoms with Gasteiger partial charge in [-0.3, -0.25) is 9.59 Å². The number of hydrogen-bond donors (Lipinski definition) is 1. The second-order valence-corrected chi connectivity index (χ2v) is 17.3. The van der Waals surface area contributed by atoms with Crippen LogP contribution in [-0.2, 0) is 28.6 Å². The molecule has 0 aromatic rings. The first-order valence-electron chi connectivity index (χ1n) is 24.3. The van der Waals surface area contributed by atoms with Crippen molar-refractivity contribution in [3.63, 3.8) is 0 Å². The molecule has 0 spiro atoms. The molecule has 0 aliphatic rings. The van der Waals surface area contributed by atoms with Crippen molar-refractivity contribution in [1.29, 1.82) is 0 Å². The highest BCUT2D eigenvalue weighted by Crippen LogP contribution is 2.14. The molecule has 0 radical (unpaired) electrons. The van der Waals surface area contributed by atoms with Crippen molar-refractivity contribution in [1.82, 2.24) is 0 Å². The molecule has 0 aliphatic heterocycles. The van der Waals surface area contributed by atoms with Crippen LogP contribution in [0.2, 0.25) is 0 Å². The molecule has 2 unspecified atom stereocenters. The molecule has 0 bridgehead atoms. The van der Waals surface area contributed by atoms with E-state index >= 15 is 0 Å². The number of carbonyl (C=O) groups excluding carboxylic acids is 2. The zero-order valence-corrected chi connectivity index (χ0v) is 39.4. The van der Waals surface area contributed by atoms with Crippen LogP contribution in [0.25, 0.3) is 0 Å². The van der Waals surface area contributed by atoms with E-state index in [4.69, 9.17) is 14.2 Å². The van der Waals surface area contributed by atoms with Crippen molar-refractivity contribution in [2.75, 3.05) is 41.0 Å². The van der Waals surface area contributed by atoms with Gasteiger partial charge in [0.05, 0.1) is 34.4 Å². The van der Waals surface area contributed by atoms with Gasteiger partial charge in [-0.15, -0.1) is 0 Å². The standard InChI is InChI=1S/C52H91NO7/c1-6-8-10-12-14-16-18-20-21-22-23-24-25-26-27-28-29-31-33-35-37-39-41-43-51(55)60-48(46-58-45-44-49(52(56)57)53(3,4)5)47-59-50(54)42-40-38-36-34-32-30-19-17-15-13-11-9-7-2/h8,10,14,16,20-21,23-24,30,32,48-49H,6-7,9,11-13,15,17-19,22,25-29,31,33-47H2,1-5H3/p+1/b10-8+,16-14+,21-20+,24-23+,32-30+. The molecule has 1 N–H and O–H groups in total. The Kier molecular flexibility index (Phi) is 40.6. The van der Waals surface area contributed by atoms with E-state index in [1.54, 1.807) is 0 Å². The zero-order valence-electron chi connectivity index (χ0n) is 39.4. The van der Waals surface area contributed by atoms with Crippen LogP contribution in [0.3, 0.4) is 0 Å². The van der Waals surface area contributed by atoms with Crippen molar-refractivity contribution in [3.8, 4) is 0 Å². The summed E-state index contributed by atoms with van der Waals surface area (Å²) in [6.45, 7) is 4.60. The molecule has 0 saturated carbocycles. The molecule has 60 heavy (non-hydrogen) atoms. The molecule has 0 amide bonds. The summed E-state index contributed by atoms with van der Waals surface area (Å²) in [6, 6.07) is -0.619. The van der Waals surface area contributed by atoms with Gasteiger partial charge in [-0.25, -0.2) is 4.79 Å². The van der Waals surface area contributed by atoms with E-state index in [0.29, 0.717) is 19.3 Å². The van der Waals surface area contributed by atoms with Crippen LogP contribution in [0.4, 0.5) is 0 Å². The maximum absolute atomic E-state index is 12.8. The predicted molar refractivity (Wildman–Crippen MR) is 252 cm³/mol. The molecule has 0 fully saturated rings. The maximum Gasteiger partial charge on any atom is 0.362 e. The number of quaternary nitrogens is 1. The van der Waals surface area contributed by atoms with Gasteiger partial charge in [-0.1, -0.05) is 164 Å². The quantitative estimate of drug-likeness (QED) is 0.0282. The summed E-state index contributed by atoms with van der Waals surface area (Å²) in [7, 11) is 5.52. The fourth-order valence-corrected chi connectivity index (χ4v) is 6.90. The lowest BCUT2D eigenvalue weighted by Gasteiger charge is -2.31. The van der Waals surface area contributed by atoms with Gasteiger partial charge in [0.2, 0.25) is 0 Å². The average Bonchev–Trinajstić information content (AvgIpc) is 3.21. The van der Waals surface area contributed by atoms with Crippen molar-refractivity contribution >= 4 is 17.9 Å². The number of esters is 2. The molecule has 346 valence electrons. The topological polar surface area (TPSA) is 99.1 Å². The van der Waals surface area contributed by atoms with Crippen LogP contribution < -0.4 is 0 Å². The molecular formula is C52H92NO7+. The molecular weight excluding hydrogens is 751 g/mol. The Morgan fingerprint density at radius 1 is 0.517 bits per heavy atom. The van der Waals surface area contributed by atoms with Crippen molar-refractivity contribution in [2.45, 2.75) is 212 Å². The van der Waals surface area contributed by atoms with Crippen LogP contribution in [0, 0.1) is 0 Å². The van der Waals surface area contributed by atoms with Gasteiger partial charge >= 0.3 is 17.9 Å². The molecule has 0 heterocycles. The Morgan fingerprint density at radius 2 is 0.933 bits per heavy atom. The number of likely N-dealkylation sites (N-methyl/N-ethyl adjacent to an activating group) is 1. The molecule has 2 atom stereocenters. The van der Waals surface area contributed by atoms with Gasteiger partial charge in [0.25, 0.3) is 0 Å². The first-order chi connectivity index (χ1) is 29.1. The van der Waals surface area contributed by atoms with E-state index in [2.05, 4.69) is 74.6 Å². The Hall–Kier alpha value is -2.97. The number of rotatable bonds is 43. The fraction of sp³-hybridized carbons (Fsp3) is 0.750. The number of carbonyl (C=O) groups is 3. The van der Waals surface area contributed by atoms with Crippen molar-refractivity contribution in [3.05, 3.63) is 60.8 Å². The van der Waals surface area contributed by atoms with Gasteiger partial charge in [0.1, 0.15) is 6.61 Å². The first-order valence-corrected chi connectivity index (χ1v) is 24.3. The highest BCUT2D eigenvalue weighted by atomic mass is 16.6. The monoisotopic (exact) mass is 843 g/mol. The van der Waals surface area contributed by atoms with Crippen LogP contribution in [0.5, 0.6) is 0 Å². The predicted octanol–water partition coefficient (Wildman–Crippen LogP) is 13.8. The Morgan fingerprint density at radius 3 is 1.42 bits per heavy atom. The van der Waals surface area contributed by atoms with E-state index in [1.807, 2.05) is 21.1 Å². The number of aliphatic carboxylic acids is 1. The van der Waals surface area contributed by atoms with E-state index in [0.717, 1.165) is 77.0 Å². The third-order valence-electron chi connectivity index (χ3n) is 10.7. The molecule has 0 aromatic heterocycles. The molecule has 0 aliphatic carbocycles. The summed E-state index contributed by atoms with van der Waals surface area (Å²) in [5.41, 5.74) is 0. The lowest BCUT2D eigenvalue weighted by atomic mass is 10.0. The van der Waals surface area contributed by atoms with Crippen molar-refractivity contribution < 1.29 is 38.2 Å². The van der Waals surface area contributed by atoms with Gasteiger partial charge in [0.15, 0.2) is 12.1 Å². The van der Waals surface area contributed by atoms with Crippen LogP contribution in [-0.4, -0.2) is 80.6 Å². The minimum absolute atomic E-state index is 0.0536. The fourth-order valence-electron chi connectivity index (χ4n) is 6.90. The minimum Gasteiger partial charge on any atom is -0.477 e. The summed E-state index contributed by atoms with van der Waals surface area (Å²) < 4.78 is 17.3. The van der Waals surface area contributed by atoms with E-state index in [9.17, 15) is 19.5 Å². The van der Waals surface area contributed by atoms with Gasteiger partial charge < -0.3 is 23.8 Å². The Bertz CT molecular complexity index is 1170. The van der Waals surface area contributed by atoms with E-state index in [1.165, 1.54) is 89.9 Å². The number of hydrogen-bond acceptors (Lipinski definition) is 6. The number of carboxylic acids is 1. The third-order valence-corrected chi connectivity index (χ3v) is 10.7. The second kappa shape index (κ2) is 42.7. The average molecular weight is 843 g/mol. The SMILES string of the molecule is CC/C=C/C/C=C/C/C=C/C/C=C/CCCCCCCCCCCCC(=O)OC(COCCC(C(=O)O)[N+](C)(C)C)COC(=O)CCCCC/C=C/CCCCCCCC. The number of ether oxygens (including phenoxy) is 3. The smallest absolute Gasteiger partial charge is 0.362 e. The molecule has 0 rings (SSSR count). The normalized spacial score (nSPS) is 13.4. The first kappa shape index (κ1) is 57.0. The summed E-state index contributed by atoms with van der Waals surface area (Å²) in [5, 5.41) is 9.64. The van der Waals surface area contributed by atoms with Crippen LogP contribution in [0.1, 0.15) is 200 Å². The van der Waals surface area contributed by atoms with Gasteiger partial charge in [-0.2, -0.15) is 0 Å². The molecule has 8 heteroatoms. The summed E-state index contributed by atoms with van der Waals surface area (Å²) >= 11 is 0. The summed E-state index contributed by atoms with van der Waals surface area (Å²) in [4.78, 5) is 37.1. The van der Waals surface area contributed by atoms with Crippen LogP contribution >= 0.6 is 0 Å². The van der Waals surface area contributed by atoms with E-state index < -0.39 is 18.1 Å². The number of allylic oxidation sites excluding steroid dienone is 10. The highest BCUT2D eigenvalue weighted by Gasteiger charge is 2.31. The summed E-state index contributed by atoms with van der Waals surface area (Å²) in [5.74, 6) is -1.49. The van der Waals surface area contributed by atoms with Gasteiger partial charge in [0, 0.05) is 19.3 Å². The van der Waals surface area contributed by atoms with Gasteiger partial charge in [-0.05, 0) is 77.0 Å². The highest BCUT2D eigenvalue weighted by molar-refractivity contribution is 5.72. The third kappa shape index (κ3) is 40.4. The second-order valence-electron chi connectivity index (χ2n) is 17.3. The number of carboxylic acid groups (broad SMARTS) is 1. The lowest BCUT2D eigenvalue weighted by molar-refractivity contribution is -0.887. The Balaban J connectivity index is 4.26. The van der Waals surface area contributed by atoms with Crippen LogP contribution in [0.15, 0.2) is 60.8 Å². The summed E-state index contributed by atoms with van der Waals surface area (Å²) in [6.07, 6.45) is 52.7. The molecule has 0 saturated heterocycles. The number of unbranched alkanes of at least 4 members (excludes halogenated alkanes) is 19. The zero-order chi connectivity index (χ0) is 44.2. The number of nitrogens with zero attached hydrogens (tertiary/aromatic N) is 1. The molecule has 0 aromatic carbocycles. The molecule has 8 nitrogen and oxygen atoms in total. The van der Waals surface area contributed by atoms with E-state index in [-0.39, 0.29) is 36.2 Å². The maximum atomic E-state index is 12.8. The minimum atomic E-state index is -0.878.